The van der Waals surface area contributed by atoms with Crippen molar-refractivity contribution in [3.63, 3.8) is 0 Å². The standard InChI is InChI=1S/C26H24N6O4S3/c1-35-14-8-9-16(19(11-14)36-2)29-21(34)13-38-26-31-30-25(39-26)32-17-5-3-6-18(33)23(17)22(15(12-27)24(32)28)20-7-4-10-37-20/h4,7-11,22H,3,5-6,13,28H2,1-2H3,(H,29,34). The molecule has 3 aromatic rings. The number of rotatable bonds is 8. The van der Waals surface area contributed by atoms with E-state index in [0.29, 0.717) is 57.1 Å². The minimum absolute atomic E-state index is 0.0182. The maximum atomic E-state index is 13.1. The van der Waals surface area contributed by atoms with Crippen LogP contribution in [0.1, 0.15) is 30.1 Å². The summed E-state index contributed by atoms with van der Waals surface area (Å²) < 4.78 is 11.1. The first-order valence-corrected chi connectivity index (χ1v) is 14.6. The number of benzene rings is 1. The number of Topliss-reactive ketones (excluding diaryl/α,β-unsaturated/α-hetero) is 1. The van der Waals surface area contributed by atoms with Gasteiger partial charge in [0.25, 0.3) is 0 Å². The number of thiophene rings is 1. The van der Waals surface area contributed by atoms with E-state index in [1.165, 1.54) is 41.5 Å². The highest BCUT2D eigenvalue weighted by molar-refractivity contribution is 8.01. The third-order valence-corrected chi connectivity index (χ3v) is 9.32. The van der Waals surface area contributed by atoms with E-state index in [-0.39, 0.29) is 23.3 Å². The predicted octanol–water partition coefficient (Wildman–Crippen LogP) is 4.65. The van der Waals surface area contributed by atoms with Crippen LogP contribution in [0.2, 0.25) is 0 Å². The van der Waals surface area contributed by atoms with Crippen molar-refractivity contribution < 1.29 is 19.1 Å². The zero-order valence-electron chi connectivity index (χ0n) is 21.1. The summed E-state index contributed by atoms with van der Waals surface area (Å²) in [6, 6.07) is 11.2. The first-order valence-electron chi connectivity index (χ1n) is 11.9. The molecule has 10 nitrogen and oxygen atoms in total. The zero-order valence-corrected chi connectivity index (χ0v) is 23.5. The van der Waals surface area contributed by atoms with E-state index in [9.17, 15) is 14.9 Å². The fourth-order valence-electron chi connectivity index (χ4n) is 4.61. The molecule has 1 aliphatic heterocycles. The molecule has 3 heterocycles. The van der Waals surface area contributed by atoms with E-state index in [4.69, 9.17) is 15.2 Å². The van der Waals surface area contributed by atoms with Crippen molar-refractivity contribution in [2.24, 2.45) is 5.73 Å². The van der Waals surface area contributed by atoms with Gasteiger partial charge in [0.1, 0.15) is 17.3 Å². The molecule has 3 N–H and O–H groups in total. The minimum atomic E-state index is -0.477. The summed E-state index contributed by atoms with van der Waals surface area (Å²) >= 11 is 3.98. The van der Waals surface area contributed by atoms with E-state index in [1.807, 2.05) is 17.5 Å². The molecule has 2 aromatic heterocycles. The topological polar surface area (TPSA) is 143 Å². The Morgan fingerprint density at radius 2 is 2.13 bits per heavy atom. The molecular weight excluding hydrogens is 557 g/mol. The molecule has 13 heteroatoms. The van der Waals surface area contributed by atoms with Gasteiger partial charge in [0, 0.05) is 28.6 Å². The van der Waals surface area contributed by atoms with Crippen LogP contribution in [-0.4, -0.2) is 41.9 Å². The highest BCUT2D eigenvalue weighted by atomic mass is 32.2. The van der Waals surface area contributed by atoms with E-state index < -0.39 is 5.92 Å². The van der Waals surface area contributed by atoms with Gasteiger partial charge in [-0.3, -0.25) is 14.5 Å². The number of nitriles is 1. The number of methoxy groups -OCH3 is 2. The Labute approximate surface area is 237 Å². The number of thioether (sulfide) groups is 1. The lowest BCUT2D eigenvalue weighted by molar-refractivity contribution is -0.116. The van der Waals surface area contributed by atoms with Gasteiger partial charge in [0.05, 0.1) is 43.2 Å². The second-order valence-corrected chi connectivity index (χ2v) is 11.7. The predicted molar refractivity (Wildman–Crippen MR) is 151 cm³/mol. The molecule has 0 spiro atoms. The van der Waals surface area contributed by atoms with Crippen molar-refractivity contribution in [3.05, 3.63) is 63.3 Å². The quantitative estimate of drug-likeness (QED) is 0.361. The number of allylic oxidation sites excluding steroid dienone is 3. The van der Waals surface area contributed by atoms with Crippen LogP contribution in [0.25, 0.3) is 0 Å². The van der Waals surface area contributed by atoms with Crippen molar-refractivity contribution in [3.8, 4) is 17.6 Å². The number of hydrogen-bond donors (Lipinski definition) is 2. The van der Waals surface area contributed by atoms with E-state index >= 15 is 0 Å². The summed E-state index contributed by atoms with van der Waals surface area (Å²) in [7, 11) is 3.07. The van der Waals surface area contributed by atoms with Crippen molar-refractivity contribution in [2.75, 3.05) is 30.2 Å². The molecule has 1 aliphatic carbocycles. The number of hydrogen-bond acceptors (Lipinski definition) is 12. The second kappa shape index (κ2) is 11.5. The molecule has 0 saturated heterocycles. The molecule has 0 bridgehead atoms. The smallest absolute Gasteiger partial charge is 0.234 e. The first-order chi connectivity index (χ1) is 18.9. The van der Waals surface area contributed by atoms with Gasteiger partial charge in [-0.15, -0.1) is 21.5 Å². The van der Waals surface area contributed by atoms with E-state index in [2.05, 4.69) is 21.6 Å². The van der Waals surface area contributed by atoms with Crippen molar-refractivity contribution >= 4 is 56.9 Å². The van der Waals surface area contributed by atoms with Crippen LogP contribution >= 0.6 is 34.4 Å². The molecule has 1 unspecified atom stereocenters. The van der Waals surface area contributed by atoms with Gasteiger partial charge in [-0.1, -0.05) is 29.2 Å². The number of nitrogens with zero attached hydrogens (tertiary/aromatic N) is 4. The average molecular weight is 581 g/mol. The molecule has 1 atom stereocenters. The van der Waals surface area contributed by atoms with Gasteiger partial charge < -0.3 is 20.5 Å². The summed E-state index contributed by atoms with van der Waals surface area (Å²) in [4.78, 5) is 28.4. The number of anilines is 2. The molecule has 5 rings (SSSR count). The van der Waals surface area contributed by atoms with Gasteiger partial charge in [0.2, 0.25) is 11.0 Å². The lowest BCUT2D eigenvalue weighted by Gasteiger charge is -2.37. The molecule has 200 valence electrons. The van der Waals surface area contributed by atoms with E-state index in [1.54, 1.807) is 30.2 Å². The van der Waals surface area contributed by atoms with Crippen LogP contribution < -0.4 is 25.4 Å². The average Bonchev–Trinajstić information content (AvgIpc) is 3.64. The van der Waals surface area contributed by atoms with E-state index in [0.717, 1.165) is 10.6 Å². The molecule has 39 heavy (non-hydrogen) atoms. The second-order valence-electron chi connectivity index (χ2n) is 8.59. The lowest BCUT2D eigenvalue weighted by atomic mass is 9.78. The number of carbonyl (C=O) groups is 2. The minimum Gasteiger partial charge on any atom is -0.497 e. The fraction of sp³-hybridized carbons (Fsp3) is 0.269. The maximum absolute atomic E-state index is 13.1. The van der Waals surface area contributed by atoms with Crippen LogP contribution in [0.4, 0.5) is 10.8 Å². The molecule has 0 fully saturated rings. The number of ether oxygens (including phenoxy) is 2. The Morgan fingerprint density at radius 1 is 1.28 bits per heavy atom. The van der Waals surface area contributed by atoms with Crippen LogP contribution in [0.5, 0.6) is 11.5 Å². The normalized spacial score (nSPS) is 17.1. The van der Waals surface area contributed by atoms with Gasteiger partial charge in [0.15, 0.2) is 10.1 Å². The summed E-state index contributed by atoms with van der Waals surface area (Å²) in [5.41, 5.74) is 8.78. The number of nitrogens with two attached hydrogens (primary N) is 1. The van der Waals surface area contributed by atoms with Gasteiger partial charge in [-0.05, 0) is 36.4 Å². The molecule has 1 amide bonds. The van der Waals surface area contributed by atoms with Crippen LogP contribution in [-0.2, 0) is 9.59 Å². The number of carbonyl (C=O) groups excluding carboxylic acids is 2. The monoisotopic (exact) mass is 580 g/mol. The molecule has 0 radical (unpaired) electrons. The Hall–Kier alpha value is -3.86. The number of nitrogens with one attached hydrogen (secondary N) is 1. The number of amides is 1. The Morgan fingerprint density at radius 3 is 2.85 bits per heavy atom. The van der Waals surface area contributed by atoms with Gasteiger partial charge in [-0.2, -0.15) is 5.26 Å². The molecule has 0 saturated carbocycles. The molecule has 2 aliphatic rings. The van der Waals surface area contributed by atoms with Gasteiger partial charge >= 0.3 is 0 Å². The molecular formula is C26H24N6O4S3. The molecule has 1 aromatic carbocycles. The van der Waals surface area contributed by atoms with Crippen molar-refractivity contribution in [2.45, 2.75) is 29.5 Å². The third-order valence-electron chi connectivity index (χ3n) is 6.34. The third kappa shape index (κ3) is 5.23. The first kappa shape index (κ1) is 26.7. The van der Waals surface area contributed by atoms with Crippen LogP contribution in [0.3, 0.4) is 0 Å². The summed E-state index contributed by atoms with van der Waals surface area (Å²) in [5.74, 6) is 0.738. The number of aromatic nitrogens is 2. The Kier molecular flexibility index (Phi) is 7.87. The van der Waals surface area contributed by atoms with Crippen molar-refractivity contribution in [1.29, 1.82) is 5.26 Å². The van der Waals surface area contributed by atoms with Crippen molar-refractivity contribution in [1.82, 2.24) is 10.2 Å². The Balaban J connectivity index is 1.36. The summed E-state index contributed by atoms with van der Waals surface area (Å²) in [5, 5.41) is 23.8. The SMILES string of the molecule is COc1ccc(NC(=O)CSc2nnc(N3C(N)=C(C#N)C(c4cccs4)C4=C3CCCC4=O)s2)c(OC)c1. The lowest BCUT2D eigenvalue weighted by Crippen LogP contribution is -2.38. The highest BCUT2D eigenvalue weighted by Gasteiger charge is 2.41. The largest absolute Gasteiger partial charge is 0.497 e. The highest BCUT2D eigenvalue weighted by Crippen LogP contribution is 2.48. The number of ketones is 1. The Bertz CT molecular complexity index is 1520. The maximum Gasteiger partial charge on any atom is 0.234 e. The summed E-state index contributed by atoms with van der Waals surface area (Å²) in [6.45, 7) is 0. The summed E-state index contributed by atoms with van der Waals surface area (Å²) in [6.07, 6.45) is 1.75. The zero-order chi connectivity index (χ0) is 27.5. The van der Waals surface area contributed by atoms with Crippen LogP contribution in [0.15, 0.2) is 62.7 Å². The van der Waals surface area contributed by atoms with Gasteiger partial charge in [-0.25, -0.2) is 0 Å². The fourth-order valence-corrected chi connectivity index (χ4v) is 7.14. The van der Waals surface area contributed by atoms with Crippen LogP contribution in [0, 0.1) is 11.3 Å².